The number of carbonyl (C=O) groups excluding carboxylic acids is 1. The third-order valence-electron chi connectivity index (χ3n) is 3.55. The number of hydrogen-bond donors (Lipinski definition) is 1. The first-order valence-corrected chi connectivity index (χ1v) is 6.66. The summed E-state index contributed by atoms with van der Waals surface area (Å²) in [7, 11) is 1.09. The Labute approximate surface area is 140 Å². The highest BCUT2D eigenvalue weighted by molar-refractivity contribution is 5.96. The molecular weight excluding hydrogens is 334 g/mol. The lowest BCUT2D eigenvalue weighted by Gasteiger charge is -2.09. The molecule has 0 atom stereocenters. The number of rotatable bonds is 4. The van der Waals surface area contributed by atoms with Crippen molar-refractivity contribution in [3.05, 3.63) is 55.4 Å². The van der Waals surface area contributed by atoms with Crippen LogP contribution in [0.3, 0.4) is 0 Å². The Morgan fingerprint density at radius 3 is 2.20 bits per heavy atom. The number of methoxy groups -OCH3 is 1. The third kappa shape index (κ3) is 2.83. The lowest BCUT2D eigenvalue weighted by molar-refractivity contribution is -0.395. The highest BCUT2D eigenvalue weighted by Crippen LogP contribution is 2.33. The summed E-state index contributed by atoms with van der Waals surface area (Å²) in [6, 6.07) is 3.87. The number of ether oxygens (including phenoxy) is 1. The van der Waals surface area contributed by atoms with E-state index in [1.807, 2.05) is 0 Å². The molecule has 25 heavy (non-hydrogen) atoms. The standard InChI is InChI=1S/C14H11N5O6/c1-7-10(18(21)22)3-9(4-11(7)19(23)24)17-6-8(5-15)12(16)13(17)14(20)25-2/h3-4,6H,16H2,1-2H3. The van der Waals surface area contributed by atoms with E-state index in [2.05, 4.69) is 4.74 Å². The number of anilines is 1. The molecule has 1 aromatic carbocycles. The van der Waals surface area contributed by atoms with Gasteiger partial charge in [0.2, 0.25) is 0 Å². The van der Waals surface area contributed by atoms with E-state index in [1.54, 1.807) is 6.07 Å². The highest BCUT2D eigenvalue weighted by atomic mass is 16.6. The summed E-state index contributed by atoms with van der Waals surface area (Å²) in [6.07, 6.45) is 1.15. The highest BCUT2D eigenvalue weighted by Gasteiger charge is 2.27. The van der Waals surface area contributed by atoms with Crippen LogP contribution in [0.4, 0.5) is 17.1 Å². The summed E-state index contributed by atoms with van der Waals surface area (Å²) in [6.45, 7) is 1.24. The van der Waals surface area contributed by atoms with Crippen LogP contribution in [0, 0.1) is 38.5 Å². The van der Waals surface area contributed by atoms with Crippen LogP contribution in [0.5, 0.6) is 0 Å². The molecule has 0 radical (unpaired) electrons. The minimum atomic E-state index is -0.898. The maximum Gasteiger partial charge on any atom is 0.357 e. The van der Waals surface area contributed by atoms with E-state index in [4.69, 9.17) is 11.0 Å². The number of nitrogens with two attached hydrogens (primary N) is 1. The van der Waals surface area contributed by atoms with Crippen molar-refractivity contribution in [3.8, 4) is 11.8 Å². The molecule has 2 rings (SSSR count). The maximum atomic E-state index is 12.0. The first-order valence-electron chi connectivity index (χ1n) is 6.66. The van der Waals surface area contributed by atoms with Crippen LogP contribution in [0.2, 0.25) is 0 Å². The predicted octanol–water partition coefficient (Wildman–Crippen LogP) is 1.84. The Morgan fingerprint density at radius 1 is 1.28 bits per heavy atom. The normalized spacial score (nSPS) is 10.1. The lowest BCUT2D eigenvalue weighted by Crippen LogP contribution is -2.11. The molecule has 11 nitrogen and oxygen atoms in total. The molecule has 2 N–H and O–H groups in total. The van der Waals surface area contributed by atoms with Crippen LogP contribution < -0.4 is 5.73 Å². The number of carbonyl (C=O) groups is 1. The molecule has 11 heteroatoms. The fourth-order valence-corrected chi connectivity index (χ4v) is 2.31. The van der Waals surface area contributed by atoms with Crippen molar-refractivity contribution in [1.82, 2.24) is 4.57 Å². The van der Waals surface area contributed by atoms with Gasteiger partial charge in [-0.2, -0.15) is 5.26 Å². The molecule has 0 amide bonds. The summed E-state index contributed by atoms with van der Waals surface area (Å²) in [5.41, 5.74) is 3.98. The average Bonchev–Trinajstić information content (AvgIpc) is 2.90. The molecule has 0 fully saturated rings. The third-order valence-corrected chi connectivity index (χ3v) is 3.55. The molecule has 2 aromatic rings. The van der Waals surface area contributed by atoms with Gasteiger partial charge in [0, 0.05) is 18.3 Å². The second-order valence-electron chi connectivity index (χ2n) is 4.90. The molecule has 128 valence electrons. The summed E-state index contributed by atoms with van der Waals surface area (Å²) < 4.78 is 5.65. The summed E-state index contributed by atoms with van der Waals surface area (Å²) >= 11 is 0. The number of aromatic nitrogens is 1. The average molecular weight is 345 g/mol. The Hall–Kier alpha value is -3.94. The van der Waals surface area contributed by atoms with E-state index >= 15 is 0 Å². The smallest absolute Gasteiger partial charge is 0.357 e. The van der Waals surface area contributed by atoms with E-state index in [0.717, 1.165) is 30.0 Å². The van der Waals surface area contributed by atoms with E-state index < -0.39 is 27.2 Å². The van der Waals surface area contributed by atoms with E-state index in [9.17, 15) is 25.0 Å². The topological polar surface area (TPSA) is 167 Å². The van der Waals surface area contributed by atoms with Crippen LogP contribution in [0.15, 0.2) is 18.3 Å². The first-order chi connectivity index (χ1) is 11.7. The van der Waals surface area contributed by atoms with Crippen molar-refractivity contribution in [2.75, 3.05) is 12.8 Å². The molecule has 0 spiro atoms. The zero-order valence-corrected chi connectivity index (χ0v) is 13.0. The van der Waals surface area contributed by atoms with Crippen LogP contribution in [0.1, 0.15) is 21.6 Å². The fraction of sp³-hybridized carbons (Fsp3) is 0.143. The van der Waals surface area contributed by atoms with Gasteiger partial charge in [-0.3, -0.25) is 20.2 Å². The molecule has 0 aliphatic carbocycles. The summed E-state index contributed by atoms with van der Waals surface area (Å²) in [4.78, 5) is 32.8. The second-order valence-corrected chi connectivity index (χ2v) is 4.90. The predicted molar refractivity (Wildman–Crippen MR) is 84.3 cm³/mol. The monoisotopic (exact) mass is 345 g/mol. The van der Waals surface area contributed by atoms with Gasteiger partial charge in [0.15, 0.2) is 5.69 Å². The van der Waals surface area contributed by atoms with Gasteiger partial charge in [0.1, 0.15) is 11.6 Å². The molecule has 0 aliphatic rings. The van der Waals surface area contributed by atoms with Crippen LogP contribution >= 0.6 is 0 Å². The van der Waals surface area contributed by atoms with E-state index in [-0.39, 0.29) is 28.2 Å². The van der Waals surface area contributed by atoms with Crippen molar-refractivity contribution in [2.24, 2.45) is 0 Å². The fourth-order valence-electron chi connectivity index (χ4n) is 2.31. The number of nitriles is 1. The Bertz CT molecular complexity index is 920. The molecule has 0 saturated carbocycles. The van der Waals surface area contributed by atoms with Crippen molar-refractivity contribution in [2.45, 2.75) is 6.92 Å². The van der Waals surface area contributed by atoms with Gasteiger partial charge in [0.25, 0.3) is 11.4 Å². The van der Waals surface area contributed by atoms with Crippen molar-refractivity contribution < 1.29 is 19.4 Å². The Balaban J connectivity index is 2.88. The quantitative estimate of drug-likeness (QED) is 0.497. The van der Waals surface area contributed by atoms with Crippen molar-refractivity contribution >= 4 is 23.0 Å². The molecular formula is C14H11N5O6. The molecule has 0 bridgehead atoms. The Kier molecular flexibility index (Phi) is 4.38. The molecule has 0 saturated heterocycles. The molecule has 0 aliphatic heterocycles. The van der Waals surface area contributed by atoms with Gasteiger partial charge in [-0.15, -0.1) is 0 Å². The van der Waals surface area contributed by atoms with Crippen LogP contribution in [0.25, 0.3) is 5.69 Å². The van der Waals surface area contributed by atoms with Gasteiger partial charge in [-0.1, -0.05) is 0 Å². The maximum absolute atomic E-state index is 12.0. The van der Waals surface area contributed by atoms with Crippen molar-refractivity contribution in [3.63, 3.8) is 0 Å². The van der Waals surface area contributed by atoms with E-state index in [1.165, 1.54) is 6.92 Å². The van der Waals surface area contributed by atoms with Gasteiger partial charge < -0.3 is 15.0 Å². The molecule has 1 heterocycles. The zero-order chi connectivity index (χ0) is 18.9. The number of nitro benzene ring substituents is 2. The minimum Gasteiger partial charge on any atom is -0.464 e. The number of hydrogen-bond acceptors (Lipinski definition) is 8. The number of nitrogen functional groups attached to an aromatic ring is 1. The number of nitro groups is 2. The van der Waals surface area contributed by atoms with Gasteiger partial charge in [-0.25, -0.2) is 4.79 Å². The number of nitrogens with zero attached hydrogens (tertiary/aromatic N) is 4. The van der Waals surface area contributed by atoms with Gasteiger partial charge in [-0.05, 0) is 6.92 Å². The first kappa shape index (κ1) is 17.4. The number of benzene rings is 1. The second kappa shape index (κ2) is 6.28. The number of esters is 1. The van der Waals surface area contributed by atoms with Crippen LogP contribution in [-0.4, -0.2) is 27.5 Å². The largest absolute Gasteiger partial charge is 0.464 e. The van der Waals surface area contributed by atoms with Gasteiger partial charge >= 0.3 is 5.97 Å². The molecule has 0 unspecified atom stereocenters. The van der Waals surface area contributed by atoms with E-state index in [0.29, 0.717) is 0 Å². The Morgan fingerprint density at radius 2 is 1.80 bits per heavy atom. The lowest BCUT2D eigenvalue weighted by atomic mass is 10.1. The summed E-state index contributed by atoms with van der Waals surface area (Å²) in [5, 5.41) is 31.5. The van der Waals surface area contributed by atoms with Crippen molar-refractivity contribution in [1.29, 1.82) is 5.26 Å². The SMILES string of the molecule is COC(=O)c1c(N)c(C#N)cn1-c1cc([N+](=O)[O-])c(C)c([N+](=O)[O-])c1. The molecule has 1 aromatic heterocycles. The van der Waals surface area contributed by atoms with Gasteiger partial charge in [0.05, 0.1) is 33.9 Å². The summed E-state index contributed by atoms with van der Waals surface area (Å²) in [5.74, 6) is -0.898. The van der Waals surface area contributed by atoms with Crippen LogP contribution in [-0.2, 0) is 4.74 Å². The zero-order valence-electron chi connectivity index (χ0n) is 13.0. The minimum absolute atomic E-state index is 0.0717.